The van der Waals surface area contributed by atoms with Crippen LogP contribution in [0.3, 0.4) is 0 Å². The molecular formula is C42H54O5. The van der Waals surface area contributed by atoms with Gasteiger partial charge in [-0.15, -0.1) is 0 Å². The van der Waals surface area contributed by atoms with Crippen molar-refractivity contribution < 1.29 is 23.8 Å². The maximum atomic E-state index is 13.6. The predicted octanol–water partition coefficient (Wildman–Crippen LogP) is 11.7. The number of ether oxygens (including phenoxy) is 3. The first-order chi connectivity index (χ1) is 23.1. The van der Waals surface area contributed by atoms with E-state index in [1.165, 1.54) is 70.6 Å². The van der Waals surface area contributed by atoms with Gasteiger partial charge in [-0.3, -0.25) is 4.79 Å². The van der Waals surface area contributed by atoms with Crippen LogP contribution in [0.1, 0.15) is 131 Å². The van der Waals surface area contributed by atoms with Crippen LogP contribution in [0.15, 0.2) is 72.8 Å². The Morgan fingerprint density at radius 3 is 1.98 bits per heavy atom. The van der Waals surface area contributed by atoms with Gasteiger partial charge in [-0.2, -0.15) is 0 Å². The van der Waals surface area contributed by atoms with E-state index in [4.69, 9.17) is 14.2 Å². The number of carbonyl (C=O) groups is 2. The van der Waals surface area contributed by atoms with Gasteiger partial charge in [-0.1, -0.05) is 139 Å². The summed E-state index contributed by atoms with van der Waals surface area (Å²) in [6.07, 6.45) is 17.8. The number of esters is 1. The van der Waals surface area contributed by atoms with Gasteiger partial charge in [-0.25, -0.2) is 4.79 Å². The highest BCUT2D eigenvalue weighted by Gasteiger charge is 2.19. The molecule has 0 saturated carbocycles. The molecule has 5 heteroatoms. The second-order valence-electron chi connectivity index (χ2n) is 12.6. The minimum atomic E-state index is -0.472. The zero-order valence-electron chi connectivity index (χ0n) is 28.7. The lowest BCUT2D eigenvalue weighted by molar-refractivity contribution is 0.0724. The Bertz CT molecular complexity index is 1540. The molecule has 0 aliphatic rings. The molecule has 0 radical (unpaired) electrons. The lowest BCUT2D eigenvalue weighted by Gasteiger charge is -2.14. The normalized spacial score (nSPS) is 11.3. The fourth-order valence-corrected chi connectivity index (χ4v) is 6.06. The Labute approximate surface area is 282 Å². The van der Waals surface area contributed by atoms with Crippen molar-refractivity contribution in [3.63, 3.8) is 0 Å². The summed E-state index contributed by atoms with van der Waals surface area (Å²) in [6, 6.07) is 22.8. The molecule has 0 fully saturated rings. The first-order valence-electron chi connectivity index (χ1n) is 18.1. The minimum absolute atomic E-state index is 0.187. The third-order valence-electron chi connectivity index (χ3n) is 8.82. The summed E-state index contributed by atoms with van der Waals surface area (Å²) in [5.74, 6) is 0.642. The van der Waals surface area contributed by atoms with E-state index >= 15 is 0 Å². The number of ketones is 1. The van der Waals surface area contributed by atoms with Crippen LogP contribution in [0, 0.1) is 0 Å². The number of benzene rings is 4. The molecule has 47 heavy (non-hydrogen) atoms. The largest absolute Gasteiger partial charge is 0.490 e. The molecule has 5 nitrogen and oxygen atoms in total. The van der Waals surface area contributed by atoms with Crippen LogP contribution in [0.4, 0.5) is 0 Å². The molecule has 0 heterocycles. The average molecular weight is 639 g/mol. The van der Waals surface area contributed by atoms with Crippen molar-refractivity contribution in [2.45, 2.75) is 110 Å². The second kappa shape index (κ2) is 20.5. The monoisotopic (exact) mass is 638 g/mol. The summed E-state index contributed by atoms with van der Waals surface area (Å²) in [6.45, 7) is 5.97. The highest BCUT2D eigenvalue weighted by atomic mass is 16.5. The quantitative estimate of drug-likeness (QED) is 0.0350. The molecule has 0 unspecified atom stereocenters. The van der Waals surface area contributed by atoms with Gasteiger partial charge in [-0.05, 0) is 58.7 Å². The van der Waals surface area contributed by atoms with Crippen molar-refractivity contribution in [3.8, 4) is 11.5 Å². The Kier molecular flexibility index (Phi) is 15.8. The number of Topliss-reactive ketones (excluding diaryl/α,β-unsaturated/α-hetero) is 1. The molecule has 0 aliphatic carbocycles. The van der Waals surface area contributed by atoms with Crippen LogP contribution in [0.5, 0.6) is 11.5 Å². The van der Waals surface area contributed by atoms with E-state index in [1.54, 1.807) is 6.07 Å². The molecule has 0 atom stereocenters. The van der Waals surface area contributed by atoms with Crippen molar-refractivity contribution in [1.82, 2.24) is 0 Å². The lowest BCUT2D eigenvalue weighted by atomic mass is 10.00. The maximum absolute atomic E-state index is 13.6. The summed E-state index contributed by atoms with van der Waals surface area (Å²) in [7, 11) is 0. The topological polar surface area (TPSA) is 61.8 Å². The number of fused-ring (bicyclic) bond motifs is 2. The Morgan fingerprint density at radius 1 is 0.574 bits per heavy atom. The molecular weight excluding hydrogens is 584 g/mol. The van der Waals surface area contributed by atoms with Gasteiger partial charge in [0.05, 0.1) is 6.61 Å². The van der Waals surface area contributed by atoms with Crippen molar-refractivity contribution >= 4 is 33.3 Å². The number of unbranched alkanes of at least 4 members (excludes halogenated alkanes) is 12. The van der Waals surface area contributed by atoms with Gasteiger partial charge in [0.1, 0.15) is 23.7 Å². The first kappa shape index (κ1) is 36.1. The van der Waals surface area contributed by atoms with Crippen LogP contribution in [0.2, 0.25) is 0 Å². The highest BCUT2D eigenvalue weighted by Crippen LogP contribution is 2.31. The van der Waals surface area contributed by atoms with E-state index < -0.39 is 5.97 Å². The molecule has 0 saturated heterocycles. The molecule has 0 bridgehead atoms. The highest BCUT2D eigenvalue weighted by molar-refractivity contribution is 6.08. The fraction of sp³-hybridized carbons (Fsp3) is 0.476. The number of carbonyl (C=O) groups excluding carboxylic acids is 2. The Morgan fingerprint density at radius 2 is 1.21 bits per heavy atom. The molecule has 252 valence electrons. The molecule has 0 aliphatic heterocycles. The molecule has 0 spiro atoms. The van der Waals surface area contributed by atoms with Crippen LogP contribution in [-0.4, -0.2) is 31.6 Å². The van der Waals surface area contributed by atoms with Crippen molar-refractivity contribution in [3.05, 3.63) is 83.9 Å². The van der Waals surface area contributed by atoms with Gasteiger partial charge in [0.15, 0.2) is 5.78 Å². The van der Waals surface area contributed by atoms with E-state index in [9.17, 15) is 9.59 Å². The molecule has 0 N–H and O–H groups in total. The molecule has 0 amide bonds. The zero-order valence-corrected chi connectivity index (χ0v) is 28.7. The first-order valence-corrected chi connectivity index (χ1v) is 18.1. The number of rotatable bonds is 23. The van der Waals surface area contributed by atoms with E-state index in [0.717, 1.165) is 46.4 Å². The third-order valence-corrected chi connectivity index (χ3v) is 8.82. The smallest absolute Gasteiger partial charge is 0.347 e. The van der Waals surface area contributed by atoms with E-state index in [-0.39, 0.29) is 5.78 Å². The molecule has 4 rings (SSSR count). The van der Waals surface area contributed by atoms with E-state index in [0.29, 0.717) is 43.3 Å². The van der Waals surface area contributed by atoms with Gasteiger partial charge < -0.3 is 14.2 Å². The number of hydrogen-bond acceptors (Lipinski definition) is 5. The van der Waals surface area contributed by atoms with Crippen LogP contribution >= 0.6 is 0 Å². The lowest BCUT2D eigenvalue weighted by Crippen LogP contribution is -2.14. The van der Waals surface area contributed by atoms with Gasteiger partial charge in [0, 0.05) is 18.6 Å². The summed E-state index contributed by atoms with van der Waals surface area (Å²) in [5.41, 5.74) is 1.14. The SMILES string of the molecule is CCCCCCCCCCCCC(=O)c1ccc2cc(OC(=O)c3c(OCCOCCCCCC)ccc4ccccc34)ccc2c1. The minimum Gasteiger partial charge on any atom is -0.490 e. The van der Waals surface area contributed by atoms with Gasteiger partial charge >= 0.3 is 5.97 Å². The third kappa shape index (κ3) is 11.8. The van der Waals surface area contributed by atoms with Gasteiger partial charge in [0.25, 0.3) is 0 Å². The van der Waals surface area contributed by atoms with Crippen LogP contribution < -0.4 is 9.47 Å². The van der Waals surface area contributed by atoms with E-state index in [1.807, 2.05) is 66.7 Å². The summed E-state index contributed by atoms with van der Waals surface area (Å²) >= 11 is 0. The summed E-state index contributed by atoms with van der Waals surface area (Å²) in [5, 5.41) is 3.58. The molecule has 4 aromatic carbocycles. The van der Waals surface area contributed by atoms with E-state index in [2.05, 4.69) is 13.8 Å². The molecule has 4 aromatic rings. The second-order valence-corrected chi connectivity index (χ2v) is 12.6. The van der Waals surface area contributed by atoms with Gasteiger partial charge in [0.2, 0.25) is 0 Å². The van der Waals surface area contributed by atoms with Crippen molar-refractivity contribution in [1.29, 1.82) is 0 Å². The van der Waals surface area contributed by atoms with Crippen molar-refractivity contribution in [2.75, 3.05) is 19.8 Å². The maximum Gasteiger partial charge on any atom is 0.347 e. The standard InChI is InChI=1S/C42H54O5/c1-3-5-7-9-10-11-12-13-14-15-21-39(43)36-23-22-35-32-37(26-24-34(35)31-36)47-42(44)41-38-20-17-16-19-33(38)25-27-40(41)46-30-29-45-28-18-8-6-4-2/h16-17,19-20,22-27,31-32H,3-15,18,21,28-30H2,1-2H3. The van der Waals surface area contributed by atoms with Crippen LogP contribution in [0.25, 0.3) is 21.5 Å². The summed E-state index contributed by atoms with van der Waals surface area (Å²) in [4.78, 5) is 26.5. The predicted molar refractivity (Wildman–Crippen MR) is 194 cm³/mol. The Hall–Kier alpha value is -3.70. The van der Waals surface area contributed by atoms with Crippen LogP contribution in [-0.2, 0) is 4.74 Å². The fourth-order valence-electron chi connectivity index (χ4n) is 6.06. The molecule has 0 aromatic heterocycles. The number of hydrogen-bond donors (Lipinski definition) is 0. The zero-order chi connectivity index (χ0) is 33.1. The Balaban J connectivity index is 1.31. The summed E-state index contributed by atoms with van der Waals surface area (Å²) < 4.78 is 17.7. The average Bonchev–Trinajstić information content (AvgIpc) is 3.09. The van der Waals surface area contributed by atoms with Crippen molar-refractivity contribution in [2.24, 2.45) is 0 Å².